The Hall–Kier alpha value is -4.32. The number of anilines is 2. The minimum Gasteiger partial charge on any atom is -0.497 e. The van der Waals surface area contributed by atoms with Crippen LogP contribution in [0.2, 0.25) is 0 Å². The number of nitrogens with one attached hydrogen (secondary N) is 2. The predicted molar refractivity (Wildman–Crippen MR) is 147 cm³/mol. The van der Waals surface area contributed by atoms with E-state index in [-0.39, 0.29) is 0 Å². The van der Waals surface area contributed by atoms with Gasteiger partial charge in [0.05, 0.1) is 25.3 Å². The summed E-state index contributed by atoms with van der Waals surface area (Å²) in [5.41, 5.74) is 4.22. The van der Waals surface area contributed by atoms with E-state index in [2.05, 4.69) is 59.2 Å². The number of fused-ring (bicyclic) bond motifs is 2. The lowest BCUT2D eigenvalue weighted by molar-refractivity contribution is 0.414. The number of hydrogen-bond acceptors (Lipinski definition) is 6. The number of benzene rings is 4. The molecule has 0 aliphatic rings. The molecule has 0 saturated carbocycles. The van der Waals surface area contributed by atoms with E-state index in [0.29, 0.717) is 0 Å². The molecule has 0 atom stereocenters. The molecular weight excluding hydrogens is 448 g/mol. The Labute approximate surface area is 211 Å². The Morgan fingerprint density at radius 3 is 1.39 bits per heavy atom. The van der Waals surface area contributed by atoms with Gasteiger partial charge in [0.1, 0.15) is 11.5 Å². The zero-order chi connectivity index (χ0) is 24.7. The third-order valence-electron chi connectivity index (χ3n) is 6.26. The summed E-state index contributed by atoms with van der Waals surface area (Å²) < 4.78 is 10.5. The smallest absolute Gasteiger partial charge is 0.169 e. The minimum atomic E-state index is 0.743. The second-order valence-corrected chi connectivity index (χ2v) is 8.66. The summed E-state index contributed by atoms with van der Waals surface area (Å²) >= 11 is 0. The van der Waals surface area contributed by atoms with Crippen molar-refractivity contribution in [1.82, 2.24) is 9.97 Å². The zero-order valence-corrected chi connectivity index (χ0v) is 20.6. The van der Waals surface area contributed by atoms with Crippen LogP contribution >= 0.6 is 0 Å². The molecule has 1 heterocycles. The summed E-state index contributed by atoms with van der Waals surface area (Å²) in [5.74, 6) is 3.26. The summed E-state index contributed by atoms with van der Waals surface area (Å²) in [5, 5.41) is 9.33. The highest BCUT2D eigenvalue weighted by Gasteiger charge is 2.10. The number of nitrogens with zero attached hydrogens (tertiary/aromatic N) is 2. The van der Waals surface area contributed by atoms with Crippen LogP contribution in [0.15, 0.2) is 84.9 Å². The summed E-state index contributed by atoms with van der Waals surface area (Å²) in [4.78, 5) is 9.92. The van der Waals surface area contributed by atoms with Crippen molar-refractivity contribution in [3.63, 3.8) is 0 Å². The molecule has 0 aliphatic heterocycles. The summed E-state index contributed by atoms with van der Waals surface area (Å²) in [6.07, 6.45) is 1.74. The second-order valence-electron chi connectivity index (χ2n) is 8.66. The quantitative estimate of drug-likeness (QED) is 0.236. The monoisotopic (exact) mass is 478 g/mol. The largest absolute Gasteiger partial charge is 0.497 e. The maximum Gasteiger partial charge on any atom is 0.169 e. The molecule has 0 unspecified atom stereocenters. The molecule has 6 nitrogen and oxygen atoms in total. The Balaban J connectivity index is 1.35. The maximum absolute atomic E-state index is 5.26. The van der Waals surface area contributed by atoms with Gasteiger partial charge >= 0.3 is 0 Å². The highest BCUT2D eigenvalue weighted by Crippen LogP contribution is 2.26. The molecule has 0 amide bonds. The first kappa shape index (κ1) is 23.4. The molecule has 182 valence electrons. The van der Waals surface area contributed by atoms with Gasteiger partial charge in [0, 0.05) is 13.1 Å². The number of hydrogen-bond donors (Lipinski definition) is 2. The first-order valence-electron chi connectivity index (χ1n) is 12.2. The fraction of sp³-hybridized carbons (Fsp3) is 0.200. The van der Waals surface area contributed by atoms with Crippen molar-refractivity contribution in [2.45, 2.75) is 12.8 Å². The molecule has 0 bridgehead atoms. The first-order valence-corrected chi connectivity index (χ1v) is 12.2. The zero-order valence-electron chi connectivity index (χ0n) is 20.6. The summed E-state index contributed by atoms with van der Waals surface area (Å²) in [6.45, 7) is 1.49. The van der Waals surface area contributed by atoms with Crippen molar-refractivity contribution in [3.05, 3.63) is 96.1 Å². The van der Waals surface area contributed by atoms with E-state index in [0.717, 1.165) is 70.9 Å². The molecular formula is C30H30N4O2. The van der Waals surface area contributed by atoms with Gasteiger partial charge < -0.3 is 20.1 Å². The molecule has 4 aromatic carbocycles. The second kappa shape index (κ2) is 11.0. The van der Waals surface area contributed by atoms with E-state index in [4.69, 9.17) is 19.4 Å². The molecule has 6 heteroatoms. The summed E-state index contributed by atoms with van der Waals surface area (Å²) in [6, 6.07) is 28.8. The Morgan fingerprint density at radius 2 is 1.00 bits per heavy atom. The fourth-order valence-corrected chi connectivity index (χ4v) is 4.22. The molecule has 0 spiro atoms. The third-order valence-corrected chi connectivity index (χ3v) is 6.26. The van der Waals surface area contributed by atoms with Crippen LogP contribution in [0.5, 0.6) is 11.5 Å². The van der Waals surface area contributed by atoms with Crippen LogP contribution in [0, 0.1) is 0 Å². The number of rotatable bonds is 10. The van der Waals surface area contributed by atoms with Crippen LogP contribution in [-0.2, 0) is 12.8 Å². The Kier molecular flexibility index (Phi) is 7.12. The molecule has 2 N–H and O–H groups in total. The van der Waals surface area contributed by atoms with Crippen LogP contribution in [0.3, 0.4) is 0 Å². The average molecular weight is 479 g/mol. The first-order chi connectivity index (χ1) is 17.7. The highest BCUT2D eigenvalue weighted by molar-refractivity contribution is 5.96. The Bertz CT molecular complexity index is 1340. The molecule has 36 heavy (non-hydrogen) atoms. The van der Waals surface area contributed by atoms with Gasteiger partial charge in [0.15, 0.2) is 11.6 Å². The lowest BCUT2D eigenvalue weighted by Gasteiger charge is -2.14. The van der Waals surface area contributed by atoms with E-state index >= 15 is 0 Å². The molecule has 0 saturated heterocycles. The van der Waals surface area contributed by atoms with Crippen LogP contribution in [0.25, 0.3) is 21.8 Å². The SMILES string of the molecule is COc1ccc(CCNc2nc3cc4ccccc4cc3nc2NCCc2ccc(OC)cc2)cc1. The molecule has 0 aliphatic carbocycles. The lowest BCUT2D eigenvalue weighted by atomic mass is 10.1. The Morgan fingerprint density at radius 1 is 0.583 bits per heavy atom. The maximum atomic E-state index is 5.26. The predicted octanol–water partition coefficient (Wildman–Crippen LogP) is 6.11. The summed E-state index contributed by atoms with van der Waals surface area (Å²) in [7, 11) is 3.36. The normalized spacial score (nSPS) is 10.9. The van der Waals surface area contributed by atoms with Crippen molar-refractivity contribution in [2.75, 3.05) is 37.9 Å². The topological polar surface area (TPSA) is 68.3 Å². The van der Waals surface area contributed by atoms with E-state index in [9.17, 15) is 0 Å². The van der Waals surface area contributed by atoms with Crippen LogP contribution in [-0.4, -0.2) is 37.3 Å². The van der Waals surface area contributed by atoms with Gasteiger partial charge in [-0.3, -0.25) is 0 Å². The van der Waals surface area contributed by atoms with Crippen LogP contribution in [0.1, 0.15) is 11.1 Å². The van der Waals surface area contributed by atoms with E-state index in [1.807, 2.05) is 36.4 Å². The van der Waals surface area contributed by atoms with Gasteiger partial charge in [-0.05, 0) is 71.1 Å². The van der Waals surface area contributed by atoms with Crippen molar-refractivity contribution in [3.8, 4) is 11.5 Å². The van der Waals surface area contributed by atoms with E-state index in [1.165, 1.54) is 11.1 Å². The molecule has 0 fully saturated rings. The van der Waals surface area contributed by atoms with Crippen LogP contribution < -0.4 is 20.1 Å². The van der Waals surface area contributed by atoms with Crippen molar-refractivity contribution in [1.29, 1.82) is 0 Å². The third kappa shape index (κ3) is 5.49. The van der Waals surface area contributed by atoms with Gasteiger partial charge in [-0.2, -0.15) is 0 Å². The van der Waals surface area contributed by atoms with E-state index in [1.54, 1.807) is 14.2 Å². The molecule has 5 aromatic rings. The van der Waals surface area contributed by atoms with Gasteiger partial charge in [0.2, 0.25) is 0 Å². The fourth-order valence-electron chi connectivity index (χ4n) is 4.22. The lowest BCUT2D eigenvalue weighted by Crippen LogP contribution is -2.13. The van der Waals surface area contributed by atoms with Gasteiger partial charge in [-0.15, -0.1) is 0 Å². The van der Waals surface area contributed by atoms with Gasteiger partial charge in [-0.25, -0.2) is 9.97 Å². The average Bonchev–Trinajstić information content (AvgIpc) is 2.93. The van der Waals surface area contributed by atoms with Crippen LogP contribution in [0.4, 0.5) is 11.6 Å². The van der Waals surface area contributed by atoms with E-state index < -0.39 is 0 Å². The molecule has 0 radical (unpaired) electrons. The number of aromatic nitrogens is 2. The van der Waals surface area contributed by atoms with Gasteiger partial charge in [-0.1, -0.05) is 48.5 Å². The highest BCUT2D eigenvalue weighted by atomic mass is 16.5. The minimum absolute atomic E-state index is 0.743. The van der Waals surface area contributed by atoms with Crippen molar-refractivity contribution < 1.29 is 9.47 Å². The van der Waals surface area contributed by atoms with Crippen molar-refractivity contribution in [2.24, 2.45) is 0 Å². The number of methoxy groups -OCH3 is 2. The van der Waals surface area contributed by atoms with Crippen molar-refractivity contribution >= 4 is 33.4 Å². The number of ether oxygens (including phenoxy) is 2. The molecule has 5 rings (SSSR count). The standard InChI is InChI=1S/C30H30N4O2/c1-35-25-11-7-21(8-12-25)15-17-31-29-30(32-18-16-22-9-13-26(36-2)14-10-22)34-28-20-24-6-4-3-5-23(24)19-27(28)33-29/h3-14,19-20H,15-18H2,1-2H3,(H,31,33)(H,32,34). The van der Waals surface area contributed by atoms with Gasteiger partial charge in [0.25, 0.3) is 0 Å². The molecule has 1 aromatic heterocycles.